The highest BCUT2D eigenvalue weighted by Gasteiger charge is 2.21. The molecule has 0 spiro atoms. The number of hydrogen-bond acceptors (Lipinski definition) is 4. The second kappa shape index (κ2) is 10.2. The molecule has 29 heavy (non-hydrogen) atoms. The minimum atomic E-state index is -0.252. The van der Waals surface area contributed by atoms with Crippen LogP contribution < -0.4 is 5.32 Å². The van der Waals surface area contributed by atoms with Crippen molar-refractivity contribution in [3.05, 3.63) is 47.7 Å². The summed E-state index contributed by atoms with van der Waals surface area (Å²) in [6.45, 7) is 6.93. The maximum atomic E-state index is 12.7. The zero-order valence-electron chi connectivity index (χ0n) is 18.1. The summed E-state index contributed by atoms with van der Waals surface area (Å²) in [4.78, 5) is 26.8. The Bertz CT molecular complexity index is 809. The Labute approximate surface area is 173 Å². The Balaban J connectivity index is 1.98. The molecule has 158 valence electrons. The zero-order chi connectivity index (χ0) is 21.4. The number of carbonyl (C=O) groups is 2. The molecule has 0 unspecified atom stereocenters. The SMILES string of the molecule is COCCN(CC(=O)Nc1cc(C(C)(C)C)nn1C)C(=O)CCc1ccccc1. The number of nitrogens with one attached hydrogen (secondary N) is 1. The van der Waals surface area contributed by atoms with E-state index in [-0.39, 0.29) is 23.8 Å². The zero-order valence-corrected chi connectivity index (χ0v) is 18.1. The maximum Gasteiger partial charge on any atom is 0.245 e. The Morgan fingerprint density at radius 1 is 1.21 bits per heavy atom. The smallest absolute Gasteiger partial charge is 0.245 e. The van der Waals surface area contributed by atoms with Crippen molar-refractivity contribution in [1.29, 1.82) is 0 Å². The van der Waals surface area contributed by atoms with Gasteiger partial charge in [0, 0.05) is 38.6 Å². The van der Waals surface area contributed by atoms with Crippen LogP contribution in [0.25, 0.3) is 0 Å². The third-order valence-electron chi connectivity index (χ3n) is 4.64. The molecular weight excluding hydrogens is 368 g/mol. The van der Waals surface area contributed by atoms with Gasteiger partial charge in [-0.25, -0.2) is 0 Å². The van der Waals surface area contributed by atoms with Crippen LogP contribution >= 0.6 is 0 Å². The number of rotatable bonds is 9. The van der Waals surface area contributed by atoms with E-state index >= 15 is 0 Å². The van der Waals surface area contributed by atoms with Crippen LogP contribution in [0.4, 0.5) is 5.82 Å². The molecule has 1 aromatic heterocycles. The number of amides is 2. The molecule has 0 aliphatic carbocycles. The molecule has 1 N–H and O–H groups in total. The van der Waals surface area contributed by atoms with E-state index < -0.39 is 0 Å². The fourth-order valence-electron chi connectivity index (χ4n) is 2.85. The summed E-state index contributed by atoms with van der Waals surface area (Å²) in [5.41, 5.74) is 1.88. The van der Waals surface area contributed by atoms with Gasteiger partial charge < -0.3 is 15.0 Å². The lowest BCUT2D eigenvalue weighted by Gasteiger charge is -2.22. The van der Waals surface area contributed by atoms with Crippen LogP contribution in [0.15, 0.2) is 36.4 Å². The van der Waals surface area contributed by atoms with Gasteiger partial charge >= 0.3 is 0 Å². The molecule has 1 aromatic carbocycles. The van der Waals surface area contributed by atoms with Gasteiger partial charge in [-0.3, -0.25) is 14.3 Å². The van der Waals surface area contributed by atoms with Crippen molar-refractivity contribution in [2.24, 2.45) is 7.05 Å². The second-order valence-electron chi connectivity index (χ2n) is 8.13. The third kappa shape index (κ3) is 7.02. The lowest BCUT2D eigenvalue weighted by molar-refractivity contribution is -0.135. The minimum Gasteiger partial charge on any atom is -0.383 e. The van der Waals surface area contributed by atoms with E-state index in [1.165, 1.54) is 0 Å². The average Bonchev–Trinajstić information content (AvgIpc) is 3.04. The van der Waals surface area contributed by atoms with Gasteiger partial charge in [0.25, 0.3) is 0 Å². The number of aryl methyl sites for hydroxylation is 2. The Morgan fingerprint density at radius 3 is 2.48 bits per heavy atom. The first kappa shape index (κ1) is 22.6. The predicted molar refractivity (Wildman–Crippen MR) is 114 cm³/mol. The highest BCUT2D eigenvalue weighted by molar-refractivity contribution is 5.94. The fraction of sp³-hybridized carbons (Fsp3) is 0.500. The number of carbonyl (C=O) groups excluding carboxylic acids is 2. The summed E-state index contributed by atoms with van der Waals surface area (Å²) < 4.78 is 6.75. The molecule has 2 rings (SSSR count). The number of hydrogen-bond donors (Lipinski definition) is 1. The van der Waals surface area contributed by atoms with Crippen LogP contribution in [-0.4, -0.2) is 53.3 Å². The highest BCUT2D eigenvalue weighted by Crippen LogP contribution is 2.23. The molecule has 0 radical (unpaired) electrons. The molecule has 0 saturated heterocycles. The van der Waals surface area contributed by atoms with E-state index in [1.807, 2.05) is 36.4 Å². The van der Waals surface area contributed by atoms with Gasteiger partial charge in [-0.1, -0.05) is 51.1 Å². The average molecular weight is 401 g/mol. The molecule has 2 aromatic rings. The molecule has 0 atom stereocenters. The number of aromatic nitrogens is 2. The van der Waals surface area contributed by atoms with Gasteiger partial charge in [0.1, 0.15) is 5.82 Å². The Hall–Kier alpha value is -2.67. The van der Waals surface area contributed by atoms with E-state index in [9.17, 15) is 9.59 Å². The number of benzene rings is 1. The first-order chi connectivity index (χ1) is 13.7. The van der Waals surface area contributed by atoms with Gasteiger partial charge in [-0.15, -0.1) is 0 Å². The highest BCUT2D eigenvalue weighted by atomic mass is 16.5. The van der Waals surface area contributed by atoms with E-state index in [1.54, 1.807) is 23.7 Å². The van der Waals surface area contributed by atoms with Crippen molar-refractivity contribution < 1.29 is 14.3 Å². The molecule has 7 heteroatoms. The van der Waals surface area contributed by atoms with Gasteiger partial charge in [0.05, 0.1) is 18.8 Å². The van der Waals surface area contributed by atoms with Crippen molar-refractivity contribution in [3.63, 3.8) is 0 Å². The topological polar surface area (TPSA) is 76.5 Å². The van der Waals surface area contributed by atoms with E-state index in [0.29, 0.717) is 31.8 Å². The van der Waals surface area contributed by atoms with Crippen molar-refractivity contribution in [3.8, 4) is 0 Å². The van der Waals surface area contributed by atoms with Crippen LogP contribution in [0.2, 0.25) is 0 Å². The van der Waals surface area contributed by atoms with Crippen LogP contribution in [-0.2, 0) is 33.2 Å². The molecule has 2 amide bonds. The standard InChI is InChI=1S/C22H32N4O3/c1-22(2,3)18-15-19(25(4)24-18)23-20(27)16-26(13-14-29-5)21(28)12-11-17-9-7-6-8-10-17/h6-10,15H,11-14,16H2,1-5H3,(H,23,27). The minimum absolute atomic E-state index is 0.0208. The van der Waals surface area contributed by atoms with Crippen molar-refractivity contribution in [2.75, 3.05) is 32.1 Å². The van der Waals surface area contributed by atoms with Crippen molar-refractivity contribution >= 4 is 17.6 Å². The predicted octanol–water partition coefficient (Wildman–Crippen LogP) is 2.76. The summed E-state index contributed by atoms with van der Waals surface area (Å²) in [7, 11) is 3.37. The van der Waals surface area contributed by atoms with Crippen LogP contribution in [0.5, 0.6) is 0 Å². The third-order valence-corrected chi connectivity index (χ3v) is 4.64. The summed E-state index contributed by atoms with van der Waals surface area (Å²) in [5.74, 6) is 0.294. The first-order valence-electron chi connectivity index (χ1n) is 9.85. The number of ether oxygens (including phenoxy) is 1. The molecule has 7 nitrogen and oxygen atoms in total. The van der Waals surface area contributed by atoms with Crippen LogP contribution in [0.3, 0.4) is 0 Å². The van der Waals surface area contributed by atoms with Gasteiger partial charge in [-0.2, -0.15) is 5.10 Å². The number of nitrogens with zero attached hydrogens (tertiary/aromatic N) is 3. The van der Waals surface area contributed by atoms with Crippen molar-refractivity contribution in [1.82, 2.24) is 14.7 Å². The van der Waals surface area contributed by atoms with E-state index in [4.69, 9.17) is 4.74 Å². The lowest BCUT2D eigenvalue weighted by atomic mass is 9.92. The van der Waals surface area contributed by atoms with Gasteiger partial charge in [-0.05, 0) is 12.0 Å². The second-order valence-corrected chi connectivity index (χ2v) is 8.13. The van der Waals surface area contributed by atoms with Gasteiger partial charge in [0.15, 0.2) is 0 Å². The van der Waals surface area contributed by atoms with Gasteiger partial charge in [0.2, 0.25) is 11.8 Å². The summed E-state index contributed by atoms with van der Waals surface area (Å²) >= 11 is 0. The Morgan fingerprint density at radius 2 is 1.90 bits per heavy atom. The number of methoxy groups -OCH3 is 1. The largest absolute Gasteiger partial charge is 0.383 e. The van der Waals surface area contributed by atoms with Crippen LogP contribution in [0.1, 0.15) is 38.4 Å². The molecule has 0 bridgehead atoms. The maximum absolute atomic E-state index is 12.7. The normalized spacial score (nSPS) is 11.3. The quantitative estimate of drug-likeness (QED) is 0.702. The first-order valence-corrected chi connectivity index (χ1v) is 9.85. The van der Waals surface area contributed by atoms with E-state index in [2.05, 4.69) is 31.2 Å². The fourth-order valence-corrected chi connectivity index (χ4v) is 2.85. The summed E-state index contributed by atoms with van der Waals surface area (Å²) in [6, 6.07) is 11.7. The van der Waals surface area contributed by atoms with E-state index in [0.717, 1.165) is 11.3 Å². The van der Waals surface area contributed by atoms with Crippen LogP contribution in [0, 0.1) is 0 Å². The molecule has 0 aliphatic rings. The molecular formula is C22H32N4O3. The lowest BCUT2D eigenvalue weighted by Crippen LogP contribution is -2.40. The molecule has 0 aliphatic heterocycles. The summed E-state index contributed by atoms with van der Waals surface area (Å²) in [6.07, 6.45) is 0.988. The molecule has 0 saturated carbocycles. The monoisotopic (exact) mass is 400 g/mol. The summed E-state index contributed by atoms with van der Waals surface area (Å²) in [5, 5.41) is 7.33. The van der Waals surface area contributed by atoms with Crippen molar-refractivity contribution in [2.45, 2.75) is 39.0 Å². The molecule has 1 heterocycles. The Kier molecular flexibility index (Phi) is 7.96. The number of anilines is 1. The molecule has 0 fully saturated rings.